The molecule has 2 aliphatic carbocycles. The zero-order valence-electron chi connectivity index (χ0n) is 6.79. The maximum absolute atomic E-state index is 8.45. The van der Waals surface area contributed by atoms with E-state index in [1.807, 2.05) is 0 Å². The fourth-order valence-electron chi connectivity index (χ4n) is 2.43. The molecule has 0 bridgehead atoms. The Hall–Kier alpha value is -0.530. The Morgan fingerprint density at radius 1 is 1.27 bits per heavy atom. The molecule has 2 heteroatoms. The summed E-state index contributed by atoms with van der Waals surface area (Å²) in [5, 5.41) is 11.6. The molecule has 2 saturated carbocycles. The van der Waals surface area contributed by atoms with Gasteiger partial charge in [-0.05, 0) is 31.1 Å². The third kappa shape index (κ3) is 1.15. The Kier molecular flexibility index (Phi) is 1.63. The Morgan fingerprint density at radius 2 is 2.09 bits per heavy atom. The summed E-state index contributed by atoms with van der Waals surface area (Å²) in [6.45, 7) is 0. The van der Waals surface area contributed by atoms with Crippen molar-refractivity contribution < 1.29 is 5.21 Å². The van der Waals surface area contributed by atoms with Gasteiger partial charge in [0, 0.05) is 12.1 Å². The van der Waals surface area contributed by atoms with E-state index < -0.39 is 0 Å². The molecule has 62 valence electrons. The first-order valence-electron chi connectivity index (χ1n) is 4.55. The van der Waals surface area contributed by atoms with Gasteiger partial charge in [-0.3, -0.25) is 0 Å². The van der Waals surface area contributed by atoms with Crippen molar-refractivity contribution in [3.8, 4) is 0 Å². The number of nitrogens with zero attached hydrogens (tertiary/aromatic N) is 1. The summed E-state index contributed by atoms with van der Waals surface area (Å²) in [5.74, 6) is 0.584. The second-order valence-electron chi connectivity index (χ2n) is 3.98. The first-order valence-corrected chi connectivity index (χ1v) is 4.55. The van der Waals surface area contributed by atoms with E-state index in [0.717, 1.165) is 0 Å². The lowest BCUT2D eigenvalue weighted by molar-refractivity contribution is 0.266. The summed E-state index contributed by atoms with van der Waals surface area (Å²) in [5.41, 5.74) is 0.588. The third-order valence-corrected chi connectivity index (χ3v) is 3.37. The van der Waals surface area contributed by atoms with Crippen LogP contribution in [0.2, 0.25) is 0 Å². The Labute approximate surface area is 67.3 Å². The predicted molar refractivity (Wildman–Crippen MR) is 43.9 cm³/mol. The van der Waals surface area contributed by atoms with Crippen LogP contribution in [0.1, 0.15) is 38.5 Å². The van der Waals surface area contributed by atoms with Crippen LogP contribution in [0.5, 0.6) is 0 Å². The molecule has 2 nitrogen and oxygen atoms in total. The highest BCUT2D eigenvalue weighted by molar-refractivity contribution is 5.62. The van der Waals surface area contributed by atoms with Crippen molar-refractivity contribution in [3.05, 3.63) is 0 Å². The predicted octanol–water partition coefficient (Wildman–Crippen LogP) is 2.42. The van der Waals surface area contributed by atoms with Crippen molar-refractivity contribution in [2.24, 2.45) is 16.5 Å². The van der Waals surface area contributed by atoms with Gasteiger partial charge >= 0.3 is 0 Å². The van der Waals surface area contributed by atoms with Crippen molar-refractivity contribution >= 4 is 6.21 Å². The largest absolute Gasteiger partial charge is 0.411 e. The van der Waals surface area contributed by atoms with E-state index in [9.17, 15) is 0 Å². The highest BCUT2D eigenvalue weighted by atomic mass is 16.4. The number of rotatable bonds is 1. The molecule has 11 heavy (non-hydrogen) atoms. The van der Waals surface area contributed by atoms with Gasteiger partial charge in [0.1, 0.15) is 0 Å². The zero-order chi connectivity index (χ0) is 7.73. The van der Waals surface area contributed by atoms with Gasteiger partial charge < -0.3 is 5.21 Å². The van der Waals surface area contributed by atoms with Gasteiger partial charge in [-0.25, -0.2) is 0 Å². The molecule has 0 heterocycles. The van der Waals surface area contributed by atoms with Crippen LogP contribution in [0, 0.1) is 11.3 Å². The third-order valence-electron chi connectivity index (χ3n) is 3.37. The lowest BCUT2D eigenvalue weighted by Crippen LogP contribution is -2.21. The van der Waals surface area contributed by atoms with E-state index in [0.29, 0.717) is 11.3 Å². The minimum atomic E-state index is 0.584. The number of hydrogen-bond acceptors (Lipinski definition) is 2. The van der Waals surface area contributed by atoms with Gasteiger partial charge in [0.05, 0.1) is 0 Å². The van der Waals surface area contributed by atoms with Crippen molar-refractivity contribution in [1.82, 2.24) is 0 Å². The van der Waals surface area contributed by atoms with Crippen molar-refractivity contribution in [2.75, 3.05) is 0 Å². The molecule has 1 spiro atoms. The summed E-state index contributed by atoms with van der Waals surface area (Å²) >= 11 is 0. The lowest BCUT2D eigenvalue weighted by Gasteiger charge is -2.28. The Bertz CT molecular complexity index is 172. The second kappa shape index (κ2) is 2.50. The summed E-state index contributed by atoms with van der Waals surface area (Å²) < 4.78 is 0. The molecule has 2 rings (SSSR count). The van der Waals surface area contributed by atoms with E-state index in [2.05, 4.69) is 5.16 Å². The fraction of sp³-hybridized carbons (Fsp3) is 0.889. The standard InChI is InChI=1S/C9H15NO/c11-10-7-8-3-1-2-4-9(8)5-6-9/h7-8,11H,1-6H2/b10-7+. The molecule has 0 aromatic carbocycles. The number of oxime groups is 1. The van der Waals surface area contributed by atoms with E-state index in [4.69, 9.17) is 5.21 Å². The minimum absolute atomic E-state index is 0.584. The quantitative estimate of drug-likeness (QED) is 0.350. The average Bonchev–Trinajstić information content (AvgIpc) is 2.77. The Morgan fingerprint density at radius 3 is 2.73 bits per heavy atom. The molecule has 0 amide bonds. The highest BCUT2D eigenvalue weighted by Crippen LogP contribution is 2.58. The molecule has 2 aliphatic rings. The van der Waals surface area contributed by atoms with Gasteiger partial charge in [0.15, 0.2) is 0 Å². The summed E-state index contributed by atoms with van der Waals surface area (Å²) in [6.07, 6.45) is 9.79. The van der Waals surface area contributed by atoms with Crippen LogP contribution < -0.4 is 0 Å². The molecular formula is C9H15NO. The first kappa shape index (κ1) is 7.14. The van der Waals surface area contributed by atoms with Gasteiger partial charge in [-0.2, -0.15) is 0 Å². The maximum atomic E-state index is 8.45. The Balaban J connectivity index is 2.04. The van der Waals surface area contributed by atoms with Gasteiger partial charge in [-0.1, -0.05) is 12.8 Å². The molecule has 1 N–H and O–H groups in total. The van der Waals surface area contributed by atoms with E-state index in [1.54, 1.807) is 6.21 Å². The molecule has 1 unspecified atom stereocenters. The molecule has 0 aliphatic heterocycles. The van der Waals surface area contributed by atoms with Crippen LogP contribution in [0.25, 0.3) is 0 Å². The maximum Gasteiger partial charge on any atom is 0.0472 e. The summed E-state index contributed by atoms with van der Waals surface area (Å²) in [7, 11) is 0. The van der Waals surface area contributed by atoms with Crippen LogP contribution >= 0.6 is 0 Å². The molecular weight excluding hydrogens is 138 g/mol. The number of hydrogen-bond donors (Lipinski definition) is 1. The molecule has 1 atom stereocenters. The summed E-state index contributed by atoms with van der Waals surface area (Å²) in [4.78, 5) is 0. The normalized spacial score (nSPS) is 34.7. The van der Waals surface area contributed by atoms with E-state index in [-0.39, 0.29) is 0 Å². The highest BCUT2D eigenvalue weighted by Gasteiger charge is 2.49. The minimum Gasteiger partial charge on any atom is -0.411 e. The second-order valence-corrected chi connectivity index (χ2v) is 3.98. The van der Waals surface area contributed by atoms with Crippen LogP contribution in [-0.4, -0.2) is 11.4 Å². The molecule has 2 fully saturated rings. The average molecular weight is 153 g/mol. The van der Waals surface area contributed by atoms with E-state index in [1.165, 1.54) is 38.5 Å². The monoisotopic (exact) mass is 153 g/mol. The summed E-state index contributed by atoms with van der Waals surface area (Å²) in [6, 6.07) is 0. The molecule has 0 aromatic heterocycles. The zero-order valence-corrected chi connectivity index (χ0v) is 6.79. The van der Waals surface area contributed by atoms with Crippen LogP contribution in [0.3, 0.4) is 0 Å². The topological polar surface area (TPSA) is 32.6 Å². The van der Waals surface area contributed by atoms with Crippen LogP contribution in [-0.2, 0) is 0 Å². The van der Waals surface area contributed by atoms with Crippen molar-refractivity contribution in [2.45, 2.75) is 38.5 Å². The SMILES string of the molecule is O/N=C/C1CCCCC12CC2. The van der Waals surface area contributed by atoms with Gasteiger partial charge in [-0.15, -0.1) is 5.16 Å². The van der Waals surface area contributed by atoms with Gasteiger partial charge in [0.2, 0.25) is 0 Å². The van der Waals surface area contributed by atoms with E-state index >= 15 is 0 Å². The van der Waals surface area contributed by atoms with Gasteiger partial charge in [0.25, 0.3) is 0 Å². The fourth-order valence-corrected chi connectivity index (χ4v) is 2.43. The molecule has 0 radical (unpaired) electrons. The van der Waals surface area contributed by atoms with Crippen LogP contribution in [0.15, 0.2) is 5.16 Å². The molecule has 0 aromatic rings. The van der Waals surface area contributed by atoms with Crippen molar-refractivity contribution in [3.63, 3.8) is 0 Å². The van der Waals surface area contributed by atoms with Crippen LogP contribution in [0.4, 0.5) is 0 Å². The molecule has 0 saturated heterocycles. The lowest BCUT2D eigenvalue weighted by atomic mass is 9.77. The smallest absolute Gasteiger partial charge is 0.0472 e. The first-order chi connectivity index (χ1) is 5.37. The van der Waals surface area contributed by atoms with Crippen molar-refractivity contribution in [1.29, 1.82) is 0 Å².